The van der Waals surface area contributed by atoms with Crippen molar-refractivity contribution in [1.29, 1.82) is 0 Å². The molecule has 6 atom stereocenters. The number of rotatable bonds is 2. The van der Waals surface area contributed by atoms with Crippen LogP contribution in [0.25, 0.3) is 0 Å². The van der Waals surface area contributed by atoms with Gasteiger partial charge in [-0.1, -0.05) is 121 Å². The van der Waals surface area contributed by atoms with E-state index in [1.54, 1.807) is 0 Å². The monoisotopic (exact) mass is 602 g/mol. The molecule has 230 valence electrons. The Balaban J connectivity index is 1.17. The fourth-order valence-electron chi connectivity index (χ4n) is 10.1. The van der Waals surface area contributed by atoms with E-state index in [0.29, 0.717) is 0 Å². The van der Waals surface area contributed by atoms with Crippen LogP contribution in [0.3, 0.4) is 0 Å². The van der Waals surface area contributed by atoms with E-state index in [4.69, 9.17) is 0 Å². The van der Waals surface area contributed by atoms with E-state index in [1.165, 1.54) is 44.5 Å². The second kappa shape index (κ2) is 10.8. The Morgan fingerprint density at radius 3 is 0.848 bits per heavy atom. The van der Waals surface area contributed by atoms with Crippen LogP contribution in [0.4, 0.5) is 0 Å². The van der Waals surface area contributed by atoms with Gasteiger partial charge in [0, 0.05) is 23.7 Å². The molecule has 4 aliphatic carbocycles. The molecule has 2 N–H and O–H groups in total. The maximum Gasteiger partial charge on any atom is 0.0965 e. The zero-order valence-electron chi connectivity index (χ0n) is 26.4. The summed E-state index contributed by atoms with van der Waals surface area (Å²) in [6.45, 7) is 0. The number of aliphatic hydroxyl groups is 2. The van der Waals surface area contributed by atoms with Crippen molar-refractivity contribution in [3.8, 4) is 0 Å². The average Bonchev–Trinajstić information content (AvgIpc) is 3.40. The van der Waals surface area contributed by atoms with Gasteiger partial charge in [0.1, 0.15) is 0 Å². The third kappa shape index (κ3) is 4.37. The fourth-order valence-corrected chi connectivity index (χ4v) is 10.1. The maximum absolute atomic E-state index is 13.0. The Hall–Kier alpha value is -3.98. The Morgan fingerprint density at radius 1 is 0.326 bits per heavy atom. The molecule has 2 nitrogen and oxygen atoms in total. The first-order valence-corrected chi connectivity index (χ1v) is 17.3. The predicted octanol–water partition coefficient (Wildman–Crippen LogP) is 7.72. The van der Waals surface area contributed by atoms with Crippen LogP contribution in [0.2, 0.25) is 0 Å². The van der Waals surface area contributed by atoms with Gasteiger partial charge in [0.15, 0.2) is 0 Å². The molecular weight excluding hydrogens is 560 g/mol. The van der Waals surface area contributed by atoms with E-state index in [1.807, 2.05) is 0 Å². The minimum absolute atomic E-state index is 0.0872. The van der Waals surface area contributed by atoms with Crippen molar-refractivity contribution in [2.24, 2.45) is 23.7 Å². The largest absolute Gasteiger partial charge is 0.385 e. The standard InChI is InChI=1S/C44H42O2/c45-43(37-15-3-1-4-16-37)39-21-29-11-7-8-12-30(29)22-40(43)26-34-20-36-28-42-24-32-14-10-9-13-31(32)23-41(27-35(36)19-33(34)25-39)44(42,46)38-17-5-2-6-18-38/h1-20,39-42,45-46H,21-28H2/t39-,40+,41+,42-,43?,44?. The highest BCUT2D eigenvalue weighted by atomic mass is 16.3. The van der Waals surface area contributed by atoms with Gasteiger partial charge in [-0.2, -0.15) is 0 Å². The second-order valence-electron chi connectivity index (χ2n) is 14.7. The van der Waals surface area contributed by atoms with Crippen LogP contribution in [0, 0.1) is 23.7 Å². The quantitative estimate of drug-likeness (QED) is 0.217. The molecule has 0 radical (unpaired) electrons. The maximum atomic E-state index is 13.0. The topological polar surface area (TPSA) is 40.5 Å². The molecule has 4 bridgehead atoms. The summed E-state index contributed by atoms with van der Waals surface area (Å²) in [6, 6.07) is 43.8. The normalized spacial score (nSPS) is 29.4. The molecule has 2 unspecified atom stereocenters. The number of hydrogen-bond donors (Lipinski definition) is 2. The van der Waals surface area contributed by atoms with Gasteiger partial charge < -0.3 is 10.2 Å². The molecule has 0 aliphatic heterocycles. The van der Waals surface area contributed by atoms with E-state index in [9.17, 15) is 10.2 Å². The first-order valence-electron chi connectivity index (χ1n) is 17.3. The lowest BCUT2D eigenvalue weighted by Gasteiger charge is -2.40. The highest BCUT2D eigenvalue weighted by Crippen LogP contribution is 2.52. The molecule has 0 saturated carbocycles. The molecule has 0 amide bonds. The zero-order valence-corrected chi connectivity index (χ0v) is 26.4. The van der Waals surface area contributed by atoms with Gasteiger partial charge in [-0.25, -0.2) is 0 Å². The fraction of sp³-hybridized carbons (Fsp3) is 0.318. The lowest BCUT2D eigenvalue weighted by Crippen LogP contribution is -2.43. The Labute approximate surface area is 272 Å². The lowest BCUT2D eigenvalue weighted by atomic mass is 9.69. The average molecular weight is 603 g/mol. The molecule has 5 aromatic rings. The van der Waals surface area contributed by atoms with Crippen LogP contribution in [0.1, 0.15) is 55.6 Å². The van der Waals surface area contributed by atoms with E-state index >= 15 is 0 Å². The molecule has 0 spiro atoms. The summed E-state index contributed by atoms with van der Waals surface area (Å²) < 4.78 is 0. The SMILES string of the molecule is OC1(c2ccccc2)[C@@H]2Cc3ccccc3C[C@H]1Cc1cc3c(cc1C2)C[C@@H]1Cc2ccccc2C[C@H](C3)C1(O)c1ccccc1. The number of hydrogen-bond acceptors (Lipinski definition) is 2. The van der Waals surface area contributed by atoms with Crippen LogP contribution in [0.15, 0.2) is 121 Å². The highest BCUT2D eigenvalue weighted by Gasteiger charge is 2.51. The molecule has 0 heterocycles. The highest BCUT2D eigenvalue weighted by molar-refractivity contribution is 5.47. The first-order chi connectivity index (χ1) is 22.5. The third-order valence-corrected chi connectivity index (χ3v) is 12.5. The van der Waals surface area contributed by atoms with Gasteiger partial charge >= 0.3 is 0 Å². The summed E-state index contributed by atoms with van der Waals surface area (Å²) in [5.74, 6) is 0.349. The summed E-state index contributed by atoms with van der Waals surface area (Å²) in [6.07, 6.45) is 6.95. The van der Waals surface area contributed by atoms with E-state index in [0.717, 1.165) is 62.5 Å². The van der Waals surface area contributed by atoms with Crippen molar-refractivity contribution < 1.29 is 10.2 Å². The van der Waals surface area contributed by atoms with E-state index < -0.39 is 11.2 Å². The molecule has 9 rings (SSSR count). The van der Waals surface area contributed by atoms with Gasteiger partial charge in [-0.15, -0.1) is 0 Å². The number of fused-ring (bicyclic) bond motifs is 8. The van der Waals surface area contributed by atoms with E-state index in [-0.39, 0.29) is 23.7 Å². The minimum atomic E-state index is -0.903. The molecule has 2 heteroatoms. The van der Waals surface area contributed by atoms with Crippen LogP contribution in [0.5, 0.6) is 0 Å². The summed E-state index contributed by atoms with van der Waals surface area (Å²) >= 11 is 0. The summed E-state index contributed by atoms with van der Waals surface area (Å²) in [4.78, 5) is 0. The van der Waals surface area contributed by atoms with Crippen molar-refractivity contribution >= 4 is 0 Å². The molecule has 0 fully saturated rings. The second-order valence-corrected chi connectivity index (χ2v) is 14.7. The van der Waals surface area contributed by atoms with Crippen molar-refractivity contribution in [2.45, 2.75) is 62.6 Å². The molecule has 5 aromatic carbocycles. The molecular formula is C44H42O2. The van der Waals surface area contributed by atoms with Crippen molar-refractivity contribution in [1.82, 2.24) is 0 Å². The smallest absolute Gasteiger partial charge is 0.0965 e. The van der Waals surface area contributed by atoms with Gasteiger partial charge in [0.05, 0.1) is 11.2 Å². The predicted molar refractivity (Wildman–Crippen MR) is 184 cm³/mol. The lowest BCUT2D eigenvalue weighted by molar-refractivity contribution is -0.0715. The first kappa shape index (κ1) is 28.3. The third-order valence-electron chi connectivity index (χ3n) is 12.5. The van der Waals surface area contributed by atoms with Crippen LogP contribution >= 0.6 is 0 Å². The van der Waals surface area contributed by atoms with Crippen molar-refractivity contribution in [3.05, 3.63) is 177 Å². The van der Waals surface area contributed by atoms with Crippen molar-refractivity contribution in [3.63, 3.8) is 0 Å². The Kier molecular flexibility index (Phi) is 6.63. The van der Waals surface area contributed by atoms with Gasteiger partial charge in [-0.3, -0.25) is 0 Å². The van der Waals surface area contributed by atoms with Crippen molar-refractivity contribution in [2.75, 3.05) is 0 Å². The summed E-state index contributed by atoms with van der Waals surface area (Å²) in [7, 11) is 0. The van der Waals surface area contributed by atoms with Gasteiger partial charge in [0.2, 0.25) is 0 Å². The van der Waals surface area contributed by atoms with Crippen LogP contribution < -0.4 is 0 Å². The van der Waals surface area contributed by atoms with Crippen LogP contribution in [-0.4, -0.2) is 10.2 Å². The minimum Gasteiger partial charge on any atom is -0.385 e. The number of benzene rings is 5. The molecule has 46 heavy (non-hydrogen) atoms. The Bertz CT molecular complexity index is 1680. The molecule has 0 aromatic heterocycles. The Morgan fingerprint density at radius 2 is 0.565 bits per heavy atom. The van der Waals surface area contributed by atoms with Crippen LogP contribution in [-0.2, 0) is 62.6 Å². The molecule has 4 aliphatic rings. The summed E-state index contributed by atoms with van der Waals surface area (Å²) in [5, 5.41) is 25.9. The van der Waals surface area contributed by atoms with Gasteiger partial charge in [0.25, 0.3) is 0 Å². The summed E-state index contributed by atoms with van der Waals surface area (Å²) in [5.41, 5.74) is 11.5. The molecule has 0 saturated heterocycles. The zero-order chi connectivity index (χ0) is 30.9. The van der Waals surface area contributed by atoms with Gasteiger partial charge in [-0.05, 0) is 107 Å². The van der Waals surface area contributed by atoms with E-state index in [2.05, 4.69) is 121 Å².